The summed E-state index contributed by atoms with van der Waals surface area (Å²) in [6, 6.07) is 16.3. The van der Waals surface area contributed by atoms with Crippen LogP contribution >= 0.6 is 0 Å². The van der Waals surface area contributed by atoms with Crippen molar-refractivity contribution in [1.82, 2.24) is 10.4 Å². The first-order valence-corrected chi connectivity index (χ1v) is 8.28. The first-order valence-electron chi connectivity index (χ1n) is 8.28. The molecule has 0 bridgehead atoms. The number of rotatable bonds is 3. The fourth-order valence-corrected chi connectivity index (χ4v) is 3.22. The van der Waals surface area contributed by atoms with Gasteiger partial charge in [-0.2, -0.15) is 5.10 Å². The second-order valence-electron chi connectivity index (χ2n) is 6.35. The number of ether oxygens (including phenoxy) is 1. The minimum Gasteiger partial charge on any atom is -0.497 e. The Labute approximate surface area is 145 Å². The molecule has 1 aliphatic heterocycles. The van der Waals surface area contributed by atoms with Crippen molar-refractivity contribution in [3.8, 4) is 17.0 Å². The van der Waals surface area contributed by atoms with Crippen LogP contribution in [-0.4, -0.2) is 23.7 Å². The molecule has 3 aromatic rings. The normalized spacial score (nSPS) is 17.3. The Morgan fingerprint density at radius 1 is 1.08 bits per heavy atom. The maximum Gasteiger partial charge on any atom is 0.240 e. The fourth-order valence-electron chi connectivity index (χ4n) is 3.22. The quantitative estimate of drug-likeness (QED) is 0.767. The van der Waals surface area contributed by atoms with Gasteiger partial charge in [-0.25, -0.2) is 5.43 Å². The van der Waals surface area contributed by atoms with Crippen LogP contribution in [0.4, 0.5) is 0 Å². The molecule has 126 valence electrons. The Morgan fingerprint density at radius 2 is 1.84 bits per heavy atom. The maximum absolute atomic E-state index is 11.4. The molecule has 1 aromatic heterocycles. The van der Waals surface area contributed by atoms with Gasteiger partial charge in [-0.3, -0.25) is 4.79 Å². The molecule has 2 heterocycles. The molecular formula is C20H19N3O2. The van der Waals surface area contributed by atoms with E-state index in [1.165, 1.54) is 0 Å². The summed E-state index contributed by atoms with van der Waals surface area (Å²) in [7, 11) is 1.66. The van der Waals surface area contributed by atoms with Crippen LogP contribution in [0, 0.1) is 5.92 Å². The lowest BCUT2D eigenvalue weighted by atomic mass is 9.93. The van der Waals surface area contributed by atoms with E-state index in [0.29, 0.717) is 6.42 Å². The fraction of sp³-hybridized carbons (Fsp3) is 0.200. The molecular weight excluding hydrogens is 314 g/mol. The smallest absolute Gasteiger partial charge is 0.240 e. The number of H-pyrrole nitrogens is 1. The molecule has 0 saturated heterocycles. The largest absolute Gasteiger partial charge is 0.497 e. The third-order valence-corrected chi connectivity index (χ3v) is 4.58. The Balaban J connectivity index is 1.70. The molecule has 1 amide bonds. The van der Waals surface area contributed by atoms with Crippen molar-refractivity contribution in [1.29, 1.82) is 0 Å². The number of carbonyl (C=O) groups is 1. The molecule has 0 saturated carbocycles. The second-order valence-corrected chi connectivity index (χ2v) is 6.35. The Hall–Kier alpha value is -3.08. The summed E-state index contributed by atoms with van der Waals surface area (Å²) in [6.07, 6.45) is 0.473. The summed E-state index contributed by atoms with van der Waals surface area (Å²) in [4.78, 5) is 14.9. The molecule has 2 aromatic carbocycles. The van der Waals surface area contributed by atoms with E-state index in [9.17, 15) is 4.79 Å². The molecule has 0 fully saturated rings. The third-order valence-electron chi connectivity index (χ3n) is 4.58. The number of methoxy groups -OCH3 is 1. The van der Waals surface area contributed by atoms with Gasteiger partial charge in [0.2, 0.25) is 5.91 Å². The van der Waals surface area contributed by atoms with Crippen LogP contribution in [0.5, 0.6) is 5.75 Å². The molecule has 25 heavy (non-hydrogen) atoms. The lowest BCUT2D eigenvalue weighted by Gasteiger charge is -2.19. The van der Waals surface area contributed by atoms with E-state index in [4.69, 9.17) is 4.74 Å². The van der Waals surface area contributed by atoms with Gasteiger partial charge in [-0.05, 0) is 53.6 Å². The first-order chi connectivity index (χ1) is 12.1. The van der Waals surface area contributed by atoms with Gasteiger partial charge in [-0.1, -0.05) is 13.0 Å². The number of aromatic nitrogens is 1. The molecule has 1 aliphatic rings. The number of carbonyl (C=O) groups excluding carboxylic acids is 1. The zero-order valence-corrected chi connectivity index (χ0v) is 14.2. The van der Waals surface area contributed by atoms with Crippen molar-refractivity contribution >= 4 is 22.5 Å². The number of amides is 1. The van der Waals surface area contributed by atoms with Crippen molar-refractivity contribution in [2.75, 3.05) is 7.11 Å². The van der Waals surface area contributed by atoms with Crippen molar-refractivity contribution in [3.63, 3.8) is 0 Å². The minimum absolute atomic E-state index is 0.0271. The zero-order chi connectivity index (χ0) is 17.4. The summed E-state index contributed by atoms with van der Waals surface area (Å²) in [5.41, 5.74) is 7.78. The molecule has 0 aliphatic carbocycles. The number of benzene rings is 2. The number of aromatic amines is 1. The van der Waals surface area contributed by atoms with Crippen LogP contribution in [0.2, 0.25) is 0 Å². The van der Waals surface area contributed by atoms with E-state index < -0.39 is 0 Å². The van der Waals surface area contributed by atoms with Gasteiger partial charge >= 0.3 is 0 Å². The van der Waals surface area contributed by atoms with Gasteiger partial charge < -0.3 is 9.72 Å². The highest BCUT2D eigenvalue weighted by Crippen LogP contribution is 2.27. The van der Waals surface area contributed by atoms with Gasteiger partial charge in [0.15, 0.2) is 0 Å². The summed E-state index contributed by atoms with van der Waals surface area (Å²) in [6.45, 7) is 2.03. The molecule has 5 nitrogen and oxygen atoms in total. The van der Waals surface area contributed by atoms with Crippen molar-refractivity contribution in [3.05, 3.63) is 54.1 Å². The van der Waals surface area contributed by atoms with Crippen molar-refractivity contribution in [2.24, 2.45) is 11.0 Å². The summed E-state index contributed by atoms with van der Waals surface area (Å²) in [5, 5.41) is 5.37. The Kier molecular flexibility index (Phi) is 3.76. The summed E-state index contributed by atoms with van der Waals surface area (Å²) < 4.78 is 5.21. The number of fused-ring (bicyclic) bond motifs is 1. The van der Waals surface area contributed by atoms with Crippen LogP contribution in [0.25, 0.3) is 22.2 Å². The van der Waals surface area contributed by atoms with E-state index in [1.807, 2.05) is 37.3 Å². The van der Waals surface area contributed by atoms with E-state index in [-0.39, 0.29) is 11.8 Å². The number of hydrazone groups is 1. The highest BCUT2D eigenvalue weighted by atomic mass is 16.5. The molecule has 1 unspecified atom stereocenters. The van der Waals surface area contributed by atoms with Crippen LogP contribution < -0.4 is 10.2 Å². The van der Waals surface area contributed by atoms with Crippen LogP contribution in [0.15, 0.2) is 53.6 Å². The maximum atomic E-state index is 11.4. The van der Waals surface area contributed by atoms with Gasteiger partial charge in [-0.15, -0.1) is 0 Å². The highest BCUT2D eigenvalue weighted by molar-refractivity contribution is 6.07. The van der Waals surface area contributed by atoms with Crippen LogP contribution in [-0.2, 0) is 4.79 Å². The number of nitrogens with zero attached hydrogens (tertiary/aromatic N) is 1. The van der Waals surface area contributed by atoms with E-state index in [2.05, 4.69) is 33.7 Å². The van der Waals surface area contributed by atoms with E-state index in [1.54, 1.807) is 7.11 Å². The summed E-state index contributed by atoms with van der Waals surface area (Å²) >= 11 is 0. The molecule has 2 N–H and O–H groups in total. The highest BCUT2D eigenvalue weighted by Gasteiger charge is 2.21. The summed E-state index contributed by atoms with van der Waals surface area (Å²) in [5.74, 6) is 0.931. The molecule has 5 heteroatoms. The molecule has 4 rings (SSSR count). The predicted molar refractivity (Wildman–Crippen MR) is 98.7 cm³/mol. The SMILES string of the molecule is COc1ccc(-c2cc3cc(C4=NNC(=O)CC4C)ccc3[nH]2)cc1. The Morgan fingerprint density at radius 3 is 2.56 bits per heavy atom. The Bertz CT molecular complexity index is 970. The number of hydrogen-bond acceptors (Lipinski definition) is 3. The topological polar surface area (TPSA) is 66.5 Å². The molecule has 0 radical (unpaired) electrons. The standard InChI is InChI=1S/C20H19N3O2/c1-12-9-19(24)22-23-20(12)14-5-8-17-15(10-14)11-18(21-17)13-3-6-16(25-2)7-4-13/h3-8,10-12,21H,9H2,1-2H3,(H,22,24). The minimum atomic E-state index is -0.0271. The van der Waals surface area contributed by atoms with E-state index in [0.717, 1.165) is 39.2 Å². The van der Waals surface area contributed by atoms with Gasteiger partial charge in [0.05, 0.1) is 12.8 Å². The average Bonchev–Trinajstić information content (AvgIpc) is 3.05. The van der Waals surface area contributed by atoms with Gasteiger partial charge in [0, 0.05) is 28.9 Å². The average molecular weight is 333 g/mol. The van der Waals surface area contributed by atoms with Crippen LogP contribution in [0.3, 0.4) is 0 Å². The monoisotopic (exact) mass is 333 g/mol. The third kappa shape index (κ3) is 2.89. The lowest BCUT2D eigenvalue weighted by Crippen LogP contribution is -2.31. The van der Waals surface area contributed by atoms with Gasteiger partial charge in [0.25, 0.3) is 0 Å². The van der Waals surface area contributed by atoms with E-state index >= 15 is 0 Å². The van der Waals surface area contributed by atoms with Gasteiger partial charge in [0.1, 0.15) is 5.75 Å². The predicted octanol–water partition coefficient (Wildman–Crippen LogP) is 3.70. The van der Waals surface area contributed by atoms with Crippen molar-refractivity contribution in [2.45, 2.75) is 13.3 Å². The van der Waals surface area contributed by atoms with Crippen LogP contribution in [0.1, 0.15) is 18.9 Å². The van der Waals surface area contributed by atoms with Crippen molar-refractivity contribution < 1.29 is 9.53 Å². The number of hydrogen-bond donors (Lipinski definition) is 2. The first kappa shape index (κ1) is 15.4. The zero-order valence-electron chi connectivity index (χ0n) is 14.2. The molecule has 0 spiro atoms. The lowest BCUT2D eigenvalue weighted by molar-refractivity contribution is -0.121. The second kappa shape index (κ2) is 6.09. The molecule has 1 atom stereocenters. The number of nitrogens with one attached hydrogen (secondary N) is 2.